The molecule has 5 nitrogen and oxygen atoms in total. The van der Waals surface area contributed by atoms with Crippen molar-refractivity contribution >= 4 is 33.5 Å². The molecule has 0 saturated heterocycles. The molecule has 0 unspecified atom stereocenters. The molecule has 0 aliphatic rings. The van der Waals surface area contributed by atoms with Crippen molar-refractivity contribution in [1.29, 1.82) is 0 Å². The van der Waals surface area contributed by atoms with Crippen molar-refractivity contribution in [3.8, 4) is 5.75 Å². The Morgan fingerprint density at radius 1 is 1.39 bits per heavy atom. The summed E-state index contributed by atoms with van der Waals surface area (Å²) >= 11 is 3.30. The number of ether oxygens (including phenoxy) is 1. The van der Waals surface area contributed by atoms with Crippen molar-refractivity contribution in [3.63, 3.8) is 0 Å². The fourth-order valence-electron chi connectivity index (χ4n) is 1.39. The van der Waals surface area contributed by atoms with Crippen LogP contribution in [0.2, 0.25) is 0 Å². The number of anilines is 1. The predicted octanol–water partition coefficient (Wildman–Crippen LogP) is 2.65. The summed E-state index contributed by atoms with van der Waals surface area (Å²) in [5.41, 5.74) is 0.562. The molecule has 0 aliphatic carbocycles. The fraction of sp³-hybridized carbons (Fsp3) is 0.333. The van der Waals surface area contributed by atoms with Gasteiger partial charge in [0.25, 0.3) is 0 Å². The van der Waals surface area contributed by atoms with Gasteiger partial charge < -0.3 is 15.2 Å². The lowest BCUT2D eigenvalue weighted by atomic mass is 10.2. The smallest absolute Gasteiger partial charge is 0.303 e. The quantitative estimate of drug-likeness (QED) is 0.846. The minimum atomic E-state index is -0.900. The highest BCUT2D eigenvalue weighted by molar-refractivity contribution is 9.10. The molecule has 0 heterocycles. The highest BCUT2D eigenvalue weighted by Crippen LogP contribution is 2.28. The minimum absolute atomic E-state index is 0.0109. The van der Waals surface area contributed by atoms with E-state index in [1.165, 1.54) is 7.11 Å². The summed E-state index contributed by atoms with van der Waals surface area (Å²) in [7, 11) is 1.52. The maximum Gasteiger partial charge on any atom is 0.303 e. The molecule has 1 aromatic rings. The van der Waals surface area contributed by atoms with Crippen LogP contribution in [0.3, 0.4) is 0 Å². The van der Waals surface area contributed by atoms with Gasteiger partial charge in [-0.15, -0.1) is 0 Å². The first-order valence-electron chi connectivity index (χ1n) is 5.38. The molecule has 0 radical (unpaired) electrons. The molecule has 6 heteroatoms. The van der Waals surface area contributed by atoms with E-state index in [-0.39, 0.29) is 18.7 Å². The maximum absolute atomic E-state index is 11.6. The number of hydrogen-bond acceptors (Lipinski definition) is 3. The number of rotatable bonds is 6. The standard InChI is InChI=1S/C12H14BrNO4/c1-18-10-6-5-8(13)7-9(10)14-11(15)3-2-4-12(16)17/h5-7H,2-4H2,1H3,(H,14,15)(H,16,17). The normalized spacial score (nSPS) is 9.89. The second kappa shape index (κ2) is 7.00. The van der Waals surface area contributed by atoms with Crippen molar-refractivity contribution in [2.75, 3.05) is 12.4 Å². The maximum atomic E-state index is 11.6. The number of carboxylic acids is 1. The average molecular weight is 316 g/mol. The van der Waals surface area contributed by atoms with Gasteiger partial charge in [-0.2, -0.15) is 0 Å². The first-order valence-corrected chi connectivity index (χ1v) is 6.17. The number of carbonyl (C=O) groups excluding carboxylic acids is 1. The number of carbonyl (C=O) groups is 2. The predicted molar refractivity (Wildman–Crippen MR) is 70.8 cm³/mol. The molecule has 0 aliphatic heterocycles. The van der Waals surface area contributed by atoms with Crippen LogP contribution in [0.5, 0.6) is 5.75 Å². The zero-order chi connectivity index (χ0) is 13.5. The molecule has 18 heavy (non-hydrogen) atoms. The van der Waals surface area contributed by atoms with E-state index in [2.05, 4.69) is 21.2 Å². The largest absolute Gasteiger partial charge is 0.495 e. The monoisotopic (exact) mass is 315 g/mol. The second-order valence-corrected chi connectivity index (χ2v) is 4.56. The average Bonchev–Trinajstić information content (AvgIpc) is 2.28. The Morgan fingerprint density at radius 3 is 2.72 bits per heavy atom. The van der Waals surface area contributed by atoms with Crippen molar-refractivity contribution in [2.24, 2.45) is 0 Å². The van der Waals surface area contributed by atoms with Crippen LogP contribution in [0, 0.1) is 0 Å². The zero-order valence-electron chi connectivity index (χ0n) is 9.90. The molecule has 0 bridgehead atoms. The Bertz CT molecular complexity index is 448. The third-order valence-corrected chi connectivity index (χ3v) is 2.72. The Kier molecular flexibility index (Phi) is 5.64. The van der Waals surface area contributed by atoms with Crippen LogP contribution in [-0.4, -0.2) is 24.1 Å². The summed E-state index contributed by atoms with van der Waals surface area (Å²) in [5, 5.41) is 11.2. The topological polar surface area (TPSA) is 75.6 Å². The van der Waals surface area contributed by atoms with Crippen molar-refractivity contribution in [2.45, 2.75) is 19.3 Å². The third-order valence-electron chi connectivity index (χ3n) is 2.23. The van der Waals surface area contributed by atoms with Crippen LogP contribution in [0.25, 0.3) is 0 Å². The van der Waals surface area contributed by atoms with E-state index in [1.54, 1.807) is 18.2 Å². The summed E-state index contributed by atoms with van der Waals surface area (Å²) in [6.07, 6.45) is 0.475. The van der Waals surface area contributed by atoms with Gasteiger partial charge in [0.15, 0.2) is 0 Å². The number of halogens is 1. The van der Waals surface area contributed by atoms with Gasteiger partial charge in [0.05, 0.1) is 12.8 Å². The van der Waals surface area contributed by atoms with Gasteiger partial charge in [-0.1, -0.05) is 15.9 Å². The Morgan fingerprint density at radius 2 is 2.11 bits per heavy atom. The summed E-state index contributed by atoms with van der Waals surface area (Å²) in [6.45, 7) is 0. The van der Waals surface area contributed by atoms with Gasteiger partial charge in [-0.3, -0.25) is 9.59 Å². The Hall–Kier alpha value is -1.56. The molecule has 1 rings (SSSR count). The number of amides is 1. The lowest BCUT2D eigenvalue weighted by Crippen LogP contribution is -2.12. The van der Waals surface area contributed by atoms with Crippen LogP contribution in [0.1, 0.15) is 19.3 Å². The molecule has 2 N–H and O–H groups in total. The lowest BCUT2D eigenvalue weighted by molar-refractivity contribution is -0.137. The van der Waals surface area contributed by atoms with Gasteiger partial charge >= 0.3 is 5.97 Å². The van der Waals surface area contributed by atoms with Gasteiger partial charge in [-0.25, -0.2) is 0 Å². The van der Waals surface area contributed by atoms with Crippen LogP contribution in [0.15, 0.2) is 22.7 Å². The molecular formula is C12H14BrNO4. The zero-order valence-corrected chi connectivity index (χ0v) is 11.5. The van der Waals surface area contributed by atoms with Crippen LogP contribution < -0.4 is 10.1 Å². The summed E-state index contributed by atoms with van der Waals surface area (Å²) in [6, 6.07) is 5.27. The van der Waals surface area contributed by atoms with E-state index in [0.717, 1.165) is 4.47 Å². The third kappa shape index (κ3) is 4.75. The molecule has 0 saturated carbocycles. The highest BCUT2D eigenvalue weighted by Gasteiger charge is 2.08. The summed E-state index contributed by atoms with van der Waals surface area (Å²) < 4.78 is 5.94. The van der Waals surface area contributed by atoms with E-state index in [4.69, 9.17) is 9.84 Å². The van der Waals surface area contributed by atoms with Gasteiger partial charge in [0, 0.05) is 17.3 Å². The Labute approximate surface area is 113 Å². The van der Waals surface area contributed by atoms with E-state index < -0.39 is 5.97 Å². The molecule has 1 amide bonds. The van der Waals surface area contributed by atoms with E-state index >= 15 is 0 Å². The number of aliphatic carboxylic acids is 1. The Balaban J connectivity index is 2.58. The number of hydrogen-bond donors (Lipinski definition) is 2. The van der Waals surface area contributed by atoms with Crippen LogP contribution in [-0.2, 0) is 9.59 Å². The number of carboxylic acid groups (broad SMARTS) is 1. The van der Waals surface area contributed by atoms with Gasteiger partial charge in [0.1, 0.15) is 5.75 Å². The summed E-state index contributed by atoms with van der Waals surface area (Å²) in [5.74, 6) is -0.569. The van der Waals surface area contributed by atoms with Crippen molar-refractivity contribution < 1.29 is 19.4 Å². The summed E-state index contributed by atoms with van der Waals surface area (Å²) in [4.78, 5) is 21.9. The van der Waals surface area contributed by atoms with E-state index in [9.17, 15) is 9.59 Å². The van der Waals surface area contributed by atoms with E-state index in [0.29, 0.717) is 17.9 Å². The number of methoxy groups -OCH3 is 1. The molecule has 0 aromatic heterocycles. The van der Waals surface area contributed by atoms with Crippen LogP contribution in [0.4, 0.5) is 5.69 Å². The molecule has 0 atom stereocenters. The fourth-order valence-corrected chi connectivity index (χ4v) is 1.75. The van der Waals surface area contributed by atoms with E-state index in [1.807, 2.05) is 0 Å². The molecular weight excluding hydrogens is 302 g/mol. The van der Waals surface area contributed by atoms with Gasteiger partial charge in [-0.05, 0) is 24.6 Å². The van der Waals surface area contributed by atoms with Crippen molar-refractivity contribution in [3.05, 3.63) is 22.7 Å². The van der Waals surface area contributed by atoms with Gasteiger partial charge in [0.2, 0.25) is 5.91 Å². The number of benzene rings is 1. The second-order valence-electron chi connectivity index (χ2n) is 3.64. The first-order chi connectivity index (χ1) is 8.52. The van der Waals surface area contributed by atoms with Crippen LogP contribution >= 0.6 is 15.9 Å². The molecule has 0 fully saturated rings. The SMILES string of the molecule is COc1ccc(Br)cc1NC(=O)CCCC(=O)O. The molecule has 1 aromatic carbocycles. The lowest BCUT2D eigenvalue weighted by Gasteiger charge is -2.10. The van der Waals surface area contributed by atoms with Crippen molar-refractivity contribution in [1.82, 2.24) is 0 Å². The number of nitrogens with one attached hydrogen (secondary N) is 1. The molecule has 0 spiro atoms. The highest BCUT2D eigenvalue weighted by atomic mass is 79.9. The minimum Gasteiger partial charge on any atom is -0.495 e. The first kappa shape index (κ1) is 14.5. The molecule has 98 valence electrons.